The molecular weight excluding hydrogens is 271 g/mol. The number of rotatable bonds is 0. The molecule has 0 spiro atoms. The first-order valence-corrected chi connectivity index (χ1v) is 7.34. The molecule has 2 nitrogen and oxygen atoms in total. The third-order valence-corrected chi connectivity index (χ3v) is 5.29. The summed E-state index contributed by atoms with van der Waals surface area (Å²) < 4.78 is 38.2. The van der Waals surface area contributed by atoms with Crippen molar-refractivity contribution in [3.63, 3.8) is 0 Å². The minimum Gasteiger partial charge on any atom is -0.307 e. The van der Waals surface area contributed by atoms with Crippen LogP contribution in [0.5, 0.6) is 0 Å². The molecular formula is C10H12F3NOS2. The van der Waals surface area contributed by atoms with Crippen LogP contribution in [0.4, 0.5) is 13.2 Å². The van der Waals surface area contributed by atoms with Gasteiger partial charge in [-0.1, -0.05) is 0 Å². The van der Waals surface area contributed by atoms with Gasteiger partial charge in [-0.3, -0.25) is 4.79 Å². The van der Waals surface area contributed by atoms with Crippen molar-refractivity contribution in [1.29, 1.82) is 0 Å². The molecule has 1 amide bonds. The van der Waals surface area contributed by atoms with Crippen LogP contribution < -0.4 is 0 Å². The molecule has 0 saturated carbocycles. The number of carbonyl (C=O) groups is 1. The molecule has 0 atom stereocenters. The second-order valence-electron chi connectivity index (χ2n) is 3.84. The Labute approximate surface area is 106 Å². The van der Waals surface area contributed by atoms with Crippen molar-refractivity contribution in [2.24, 2.45) is 0 Å². The first kappa shape index (κ1) is 13.1. The van der Waals surface area contributed by atoms with E-state index in [1.165, 1.54) is 0 Å². The summed E-state index contributed by atoms with van der Waals surface area (Å²) in [7, 11) is 0. The SMILES string of the molecule is O=C(N1CCCC1=C1SCCCS1)C(F)(F)F. The van der Waals surface area contributed by atoms with Crippen LogP contribution in [-0.4, -0.2) is 35.0 Å². The van der Waals surface area contributed by atoms with E-state index in [1.807, 2.05) is 0 Å². The fraction of sp³-hybridized carbons (Fsp3) is 0.700. The topological polar surface area (TPSA) is 20.3 Å². The maximum atomic E-state index is 12.4. The number of allylic oxidation sites excluding steroid dienone is 1. The second kappa shape index (κ2) is 5.14. The Hall–Kier alpha value is -0.300. The molecule has 0 radical (unpaired) electrons. The second-order valence-corrected chi connectivity index (χ2v) is 6.31. The van der Waals surface area contributed by atoms with Gasteiger partial charge in [0, 0.05) is 12.2 Å². The molecule has 7 heteroatoms. The minimum absolute atomic E-state index is 0.193. The summed E-state index contributed by atoms with van der Waals surface area (Å²) in [5, 5.41) is 0. The fourth-order valence-electron chi connectivity index (χ4n) is 1.86. The van der Waals surface area contributed by atoms with Crippen LogP contribution in [0.2, 0.25) is 0 Å². The van der Waals surface area contributed by atoms with E-state index in [2.05, 4.69) is 0 Å². The summed E-state index contributed by atoms with van der Waals surface area (Å²) in [6, 6.07) is 0. The Morgan fingerprint density at radius 3 is 2.41 bits per heavy atom. The number of nitrogens with zero attached hydrogens (tertiary/aromatic N) is 1. The number of hydrogen-bond donors (Lipinski definition) is 0. The van der Waals surface area contributed by atoms with E-state index >= 15 is 0 Å². The molecule has 0 aromatic carbocycles. The molecule has 0 unspecified atom stereocenters. The van der Waals surface area contributed by atoms with E-state index in [-0.39, 0.29) is 6.54 Å². The molecule has 0 aromatic heterocycles. The van der Waals surface area contributed by atoms with Crippen LogP contribution in [0.3, 0.4) is 0 Å². The van der Waals surface area contributed by atoms with E-state index < -0.39 is 12.1 Å². The van der Waals surface area contributed by atoms with E-state index in [0.717, 1.165) is 27.1 Å². The van der Waals surface area contributed by atoms with Crippen molar-refractivity contribution in [1.82, 2.24) is 4.90 Å². The molecule has 0 N–H and O–H groups in total. The normalized spacial score (nSPS) is 22.2. The van der Waals surface area contributed by atoms with Gasteiger partial charge in [0.1, 0.15) is 0 Å². The van der Waals surface area contributed by atoms with E-state index in [4.69, 9.17) is 0 Å². The molecule has 2 fully saturated rings. The zero-order valence-corrected chi connectivity index (χ0v) is 10.7. The van der Waals surface area contributed by atoms with Gasteiger partial charge >= 0.3 is 12.1 Å². The van der Waals surface area contributed by atoms with Gasteiger partial charge in [0.15, 0.2) is 0 Å². The van der Waals surface area contributed by atoms with E-state index in [9.17, 15) is 18.0 Å². The lowest BCUT2D eigenvalue weighted by molar-refractivity contribution is -0.182. The first-order valence-electron chi connectivity index (χ1n) is 5.37. The van der Waals surface area contributed by atoms with Crippen molar-refractivity contribution < 1.29 is 18.0 Å². The summed E-state index contributed by atoms with van der Waals surface area (Å²) in [5.74, 6) is 0.143. The molecule has 0 bridgehead atoms. The zero-order chi connectivity index (χ0) is 12.5. The Morgan fingerprint density at radius 1 is 1.18 bits per heavy atom. The predicted octanol–water partition coefficient (Wildman–Crippen LogP) is 3.21. The molecule has 17 heavy (non-hydrogen) atoms. The van der Waals surface area contributed by atoms with Gasteiger partial charge in [0.25, 0.3) is 0 Å². The van der Waals surface area contributed by atoms with E-state index in [1.54, 1.807) is 23.5 Å². The number of hydrogen-bond acceptors (Lipinski definition) is 3. The lowest BCUT2D eigenvalue weighted by atomic mass is 10.3. The predicted molar refractivity (Wildman–Crippen MR) is 63.6 cm³/mol. The fourth-order valence-corrected chi connectivity index (χ4v) is 4.58. The summed E-state index contributed by atoms with van der Waals surface area (Å²) in [6.07, 6.45) is -2.49. The maximum Gasteiger partial charge on any atom is 0.471 e. The van der Waals surface area contributed by atoms with Crippen molar-refractivity contribution >= 4 is 29.4 Å². The van der Waals surface area contributed by atoms with Crippen molar-refractivity contribution in [2.75, 3.05) is 18.1 Å². The number of carbonyl (C=O) groups excluding carboxylic acids is 1. The van der Waals surface area contributed by atoms with Gasteiger partial charge < -0.3 is 4.90 Å². The van der Waals surface area contributed by atoms with Crippen LogP contribution in [0.1, 0.15) is 19.3 Å². The van der Waals surface area contributed by atoms with E-state index in [0.29, 0.717) is 18.5 Å². The largest absolute Gasteiger partial charge is 0.471 e. The number of thioether (sulfide) groups is 2. The van der Waals surface area contributed by atoms with Gasteiger partial charge in [-0.25, -0.2) is 0 Å². The highest BCUT2D eigenvalue weighted by Crippen LogP contribution is 2.42. The average molecular weight is 283 g/mol. The first-order chi connectivity index (χ1) is 8.00. The van der Waals surface area contributed by atoms with Gasteiger partial charge in [-0.2, -0.15) is 13.2 Å². The molecule has 96 valence electrons. The van der Waals surface area contributed by atoms with Crippen LogP contribution in [0.15, 0.2) is 9.93 Å². The van der Waals surface area contributed by atoms with Crippen molar-refractivity contribution in [3.05, 3.63) is 9.93 Å². The summed E-state index contributed by atoms with van der Waals surface area (Å²) in [4.78, 5) is 12.2. The maximum absolute atomic E-state index is 12.4. The number of amides is 1. The molecule has 2 aliphatic heterocycles. The van der Waals surface area contributed by atoms with Crippen molar-refractivity contribution in [3.8, 4) is 0 Å². The Bertz CT molecular complexity index is 346. The number of alkyl halides is 3. The third-order valence-electron chi connectivity index (χ3n) is 2.60. The van der Waals surface area contributed by atoms with Gasteiger partial charge in [0.05, 0.1) is 4.24 Å². The lowest BCUT2D eigenvalue weighted by Gasteiger charge is -2.23. The summed E-state index contributed by atoms with van der Waals surface area (Å²) in [6.45, 7) is 0.193. The van der Waals surface area contributed by atoms with Gasteiger partial charge in [0.2, 0.25) is 0 Å². The quantitative estimate of drug-likeness (QED) is 0.681. The van der Waals surface area contributed by atoms with Crippen molar-refractivity contribution in [2.45, 2.75) is 25.4 Å². The number of likely N-dealkylation sites (tertiary alicyclic amines) is 1. The Kier molecular flexibility index (Phi) is 3.97. The Balaban J connectivity index is 2.20. The average Bonchev–Trinajstić information content (AvgIpc) is 2.76. The molecule has 2 saturated heterocycles. The van der Waals surface area contributed by atoms with Gasteiger partial charge in [-0.15, -0.1) is 23.5 Å². The highest BCUT2D eigenvalue weighted by molar-refractivity contribution is 8.22. The standard InChI is InChI=1S/C10H12F3NOS2/c11-10(12,13)9(15)14-4-1-3-7(14)8-16-5-2-6-17-8/h1-6H2. The summed E-state index contributed by atoms with van der Waals surface area (Å²) in [5.41, 5.74) is 0.585. The third kappa shape index (κ3) is 2.93. The summed E-state index contributed by atoms with van der Waals surface area (Å²) >= 11 is 3.15. The molecule has 2 aliphatic rings. The lowest BCUT2D eigenvalue weighted by Crippen LogP contribution is -2.38. The molecule has 2 rings (SSSR count). The zero-order valence-electron chi connectivity index (χ0n) is 9.05. The molecule has 0 aromatic rings. The molecule has 2 heterocycles. The van der Waals surface area contributed by atoms with Crippen LogP contribution in [0.25, 0.3) is 0 Å². The number of halogens is 3. The van der Waals surface area contributed by atoms with Gasteiger partial charge in [-0.05, 0) is 30.8 Å². The highest BCUT2D eigenvalue weighted by Gasteiger charge is 2.45. The molecule has 0 aliphatic carbocycles. The van der Waals surface area contributed by atoms with Crippen LogP contribution >= 0.6 is 23.5 Å². The smallest absolute Gasteiger partial charge is 0.307 e. The minimum atomic E-state index is -4.76. The highest BCUT2D eigenvalue weighted by atomic mass is 32.2. The van der Waals surface area contributed by atoms with Crippen LogP contribution in [0, 0.1) is 0 Å². The Morgan fingerprint density at radius 2 is 1.82 bits per heavy atom. The van der Waals surface area contributed by atoms with Crippen LogP contribution in [-0.2, 0) is 4.79 Å². The monoisotopic (exact) mass is 283 g/mol.